The van der Waals surface area contributed by atoms with Crippen LogP contribution in [0, 0.1) is 19.7 Å². The predicted molar refractivity (Wildman–Crippen MR) is 118 cm³/mol. The predicted octanol–water partition coefficient (Wildman–Crippen LogP) is 6.92. The first-order valence-electron chi connectivity index (χ1n) is 10.1. The molecular weight excluding hydrogens is 426 g/mol. The molecule has 0 amide bonds. The molecule has 0 aliphatic rings. The van der Waals surface area contributed by atoms with Gasteiger partial charge in [-0.05, 0) is 50.1 Å². The van der Waals surface area contributed by atoms with Crippen molar-refractivity contribution < 1.29 is 31.9 Å². The van der Waals surface area contributed by atoms with Crippen molar-refractivity contribution in [2.45, 2.75) is 47.4 Å². The molecule has 0 aromatic heterocycles. The quantitative estimate of drug-likeness (QED) is 0.188. The number of allylic oxidation sites excluding steroid dienone is 1. The third kappa shape index (κ3) is 7.59. The first kappa shape index (κ1) is 27.0. The average Bonchev–Trinajstić information content (AvgIpc) is 2.73. The molecule has 2 aromatic carbocycles. The van der Waals surface area contributed by atoms with Gasteiger partial charge in [-0.2, -0.15) is 13.2 Å². The number of nitrogens with zero attached hydrogens (tertiary/aromatic N) is 1. The van der Waals surface area contributed by atoms with Crippen LogP contribution in [0.15, 0.2) is 47.6 Å². The summed E-state index contributed by atoms with van der Waals surface area (Å²) in [6.07, 6.45) is -1.01. The summed E-state index contributed by atoms with van der Waals surface area (Å²) in [5.41, 5.74) is -0.0229. The molecule has 0 N–H and O–H groups in total. The third-order valence-corrected chi connectivity index (χ3v) is 4.17. The Morgan fingerprint density at radius 1 is 1.03 bits per heavy atom. The number of alkyl halides is 3. The highest BCUT2D eigenvalue weighted by Crippen LogP contribution is 2.30. The number of ether oxygens (including phenoxy) is 2. The van der Waals surface area contributed by atoms with Crippen LogP contribution >= 0.6 is 0 Å². The maximum atomic E-state index is 14.4. The van der Waals surface area contributed by atoms with Gasteiger partial charge in [-0.1, -0.05) is 43.3 Å². The smallest absolute Gasteiger partial charge is 0.437 e. The molecular formula is C24H29F4NO3. The van der Waals surface area contributed by atoms with Gasteiger partial charge in [-0.15, -0.1) is 0 Å². The molecule has 0 bridgehead atoms. The van der Waals surface area contributed by atoms with Crippen LogP contribution in [0.25, 0.3) is 0 Å². The first-order valence-corrected chi connectivity index (χ1v) is 10.1. The molecule has 0 radical (unpaired) electrons. The van der Waals surface area contributed by atoms with E-state index in [0.717, 1.165) is 30.4 Å². The van der Waals surface area contributed by atoms with E-state index in [2.05, 4.69) is 9.99 Å². The largest absolute Gasteiger partial charge is 0.490 e. The van der Waals surface area contributed by atoms with Crippen LogP contribution in [0.2, 0.25) is 0 Å². The summed E-state index contributed by atoms with van der Waals surface area (Å²) in [6, 6.07) is 6.75. The summed E-state index contributed by atoms with van der Waals surface area (Å²) in [5, 5.41) is 2.97. The highest BCUT2D eigenvalue weighted by Gasteiger charge is 2.38. The highest BCUT2D eigenvalue weighted by molar-refractivity contribution is 6.04. The molecule has 0 saturated carbocycles. The van der Waals surface area contributed by atoms with Gasteiger partial charge in [0, 0.05) is 11.1 Å². The molecule has 0 aliphatic carbocycles. The lowest BCUT2D eigenvalue weighted by Gasteiger charge is -2.15. The SMILES string of the molecule is C/C=C/COc1cc(C)c(OCc2ccc(/C(=N\OC)C(F)(F)F)cc2F)c(C)c1.CC. The van der Waals surface area contributed by atoms with E-state index in [-0.39, 0.29) is 12.2 Å². The average molecular weight is 455 g/mol. The van der Waals surface area contributed by atoms with Gasteiger partial charge in [-0.3, -0.25) is 0 Å². The molecule has 0 fully saturated rings. The van der Waals surface area contributed by atoms with E-state index in [0.29, 0.717) is 18.1 Å². The van der Waals surface area contributed by atoms with Crippen molar-refractivity contribution in [2.75, 3.05) is 13.7 Å². The molecule has 2 aromatic rings. The van der Waals surface area contributed by atoms with E-state index in [1.165, 1.54) is 6.07 Å². The number of hydrogen-bond acceptors (Lipinski definition) is 4. The Bertz CT molecular complexity index is 914. The number of benzene rings is 2. The normalized spacial score (nSPS) is 11.8. The van der Waals surface area contributed by atoms with Crippen molar-refractivity contribution in [1.82, 2.24) is 0 Å². The van der Waals surface area contributed by atoms with Gasteiger partial charge < -0.3 is 14.3 Å². The van der Waals surface area contributed by atoms with Crippen molar-refractivity contribution in [3.63, 3.8) is 0 Å². The van der Waals surface area contributed by atoms with Crippen LogP contribution in [0.3, 0.4) is 0 Å². The van der Waals surface area contributed by atoms with Crippen LogP contribution in [-0.4, -0.2) is 25.6 Å². The van der Waals surface area contributed by atoms with Crippen molar-refractivity contribution >= 4 is 5.71 Å². The molecule has 0 atom stereocenters. The van der Waals surface area contributed by atoms with Gasteiger partial charge in [0.15, 0.2) is 5.71 Å². The number of hydrogen-bond donors (Lipinski definition) is 0. The van der Waals surface area contributed by atoms with Gasteiger partial charge in [0.25, 0.3) is 0 Å². The number of rotatable bonds is 8. The second-order valence-electron chi connectivity index (χ2n) is 6.48. The summed E-state index contributed by atoms with van der Waals surface area (Å²) in [7, 11) is 0.992. The monoisotopic (exact) mass is 455 g/mol. The molecule has 0 heterocycles. The van der Waals surface area contributed by atoms with E-state index in [9.17, 15) is 17.6 Å². The molecule has 176 valence electrons. The van der Waals surface area contributed by atoms with Crippen LogP contribution in [0.4, 0.5) is 17.6 Å². The zero-order chi connectivity index (χ0) is 24.3. The van der Waals surface area contributed by atoms with Gasteiger partial charge in [0.05, 0.1) is 0 Å². The Labute approximate surface area is 186 Å². The van der Waals surface area contributed by atoms with Crippen LogP contribution < -0.4 is 9.47 Å². The van der Waals surface area contributed by atoms with Crippen molar-refractivity contribution in [1.29, 1.82) is 0 Å². The van der Waals surface area contributed by atoms with E-state index in [4.69, 9.17) is 9.47 Å². The van der Waals surface area contributed by atoms with E-state index in [1.807, 2.05) is 58.9 Å². The zero-order valence-electron chi connectivity index (χ0n) is 19.1. The minimum absolute atomic E-state index is 0.116. The summed E-state index contributed by atoms with van der Waals surface area (Å²) in [6.45, 7) is 9.87. The Morgan fingerprint density at radius 3 is 2.16 bits per heavy atom. The van der Waals surface area contributed by atoms with Gasteiger partial charge in [0.2, 0.25) is 0 Å². The van der Waals surface area contributed by atoms with E-state index >= 15 is 0 Å². The van der Waals surface area contributed by atoms with Crippen molar-refractivity contribution in [3.8, 4) is 11.5 Å². The van der Waals surface area contributed by atoms with Crippen molar-refractivity contribution in [2.24, 2.45) is 5.16 Å². The molecule has 0 aliphatic heterocycles. The lowest BCUT2D eigenvalue weighted by atomic mass is 10.1. The zero-order valence-corrected chi connectivity index (χ0v) is 19.1. The molecule has 0 spiro atoms. The van der Waals surface area contributed by atoms with Crippen LogP contribution in [0.1, 0.15) is 43.0 Å². The lowest BCUT2D eigenvalue weighted by Crippen LogP contribution is -2.24. The summed E-state index contributed by atoms with van der Waals surface area (Å²) < 4.78 is 64.9. The fraction of sp³-hybridized carbons (Fsp3) is 0.375. The van der Waals surface area contributed by atoms with Gasteiger partial charge in [-0.25, -0.2) is 4.39 Å². The van der Waals surface area contributed by atoms with Crippen LogP contribution in [-0.2, 0) is 11.4 Å². The van der Waals surface area contributed by atoms with Gasteiger partial charge in [0.1, 0.15) is 37.6 Å². The molecule has 8 heteroatoms. The molecule has 2 rings (SSSR count). The Hall–Kier alpha value is -3.03. The summed E-state index contributed by atoms with van der Waals surface area (Å²) >= 11 is 0. The number of oxime groups is 1. The Kier molecular flexibility index (Phi) is 10.7. The maximum absolute atomic E-state index is 14.4. The third-order valence-electron chi connectivity index (χ3n) is 4.17. The fourth-order valence-corrected chi connectivity index (χ4v) is 2.78. The molecule has 4 nitrogen and oxygen atoms in total. The molecule has 0 saturated heterocycles. The first-order chi connectivity index (χ1) is 15.2. The number of aryl methyl sites for hydroxylation is 2. The lowest BCUT2D eigenvalue weighted by molar-refractivity contribution is -0.0608. The van der Waals surface area contributed by atoms with E-state index in [1.54, 1.807) is 0 Å². The second kappa shape index (κ2) is 12.7. The minimum Gasteiger partial charge on any atom is -0.490 e. The topological polar surface area (TPSA) is 40.0 Å². The Balaban J connectivity index is 0.00000249. The van der Waals surface area contributed by atoms with Crippen molar-refractivity contribution in [3.05, 3.63) is 70.6 Å². The fourth-order valence-electron chi connectivity index (χ4n) is 2.78. The standard InChI is InChI=1S/C22H23F4NO3.C2H6/c1-5-6-9-29-18-10-14(2)20(15(3)11-18)30-13-17-8-7-16(12-19(17)23)21(27-28-4)22(24,25)26;1-2/h5-8,10-12H,9,13H2,1-4H3;1-2H3/b6-5+,27-21+;. The minimum atomic E-state index is -4.77. The second-order valence-corrected chi connectivity index (χ2v) is 6.48. The highest BCUT2D eigenvalue weighted by atomic mass is 19.4. The van der Waals surface area contributed by atoms with Gasteiger partial charge >= 0.3 is 6.18 Å². The number of halogens is 4. The summed E-state index contributed by atoms with van der Waals surface area (Å²) in [4.78, 5) is 4.23. The Morgan fingerprint density at radius 2 is 1.66 bits per heavy atom. The van der Waals surface area contributed by atoms with Crippen LogP contribution in [0.5, 0.6) is 11.5 Å². The molecule has 32 heavy (non-hydrogen) atoms. The maximum Gasteiger partial charge on any atom is 0.437 e. The molecule has 0 unspecified atom stereocenters. The summed E-state index contributed by atoms with van der Waals surface area (Å²) in [5.74, 6) is 0.416. The van der Waals surface area contributed by atoms with E-state index < -0.39 is 23.3 Å².